The Bertz CT molecular complexity index is 616. The summed E-state index contributed by atoms with van der Waals surface area (Å²) >= 11 is 0. The average molecular weight is 261 g/mol. The van der Waals surface area contributed by atoms with Crippen LogP contribution in [0.1, 0.15) is 16.8 Å². The molecule has 100 valence electrons. The van der Waals surface area contributed by atoms with Crippen LogP contribution in [-0.4, -0.2) is 23.3 Å². The zero-order chi connectivity index (χ0) is 14.0. The van der Waals surface area contributed by atoms with Crippen LogP contribution in [0.3, 0.4) is 0 Å². The summed E-state index contributed by atoms with van der Waals surface area (Å²) in [4.78, 5) is 10.9. The maximum atomic E-state index is 10.9. The molecule has 1 N–H and O–H groups in total. The number of hydrogen-bond donors (Lipinski definition) is 1. The summed E-state index contributed by atoms with van der Waals surface area (Å²) in [5.41, 5.74) is 2.92. The first-order valence-electron chi connectivity index (χ1n) is 5.85. The van der Waals surface area contributed by atoms with Crippen molar-refractivity contribution < 1.29 is 19.2 Å². The van der Waals surface area contributed by atoms with Gasteiger partial charge in [0, 0.05) is 5.56 Å². The summed E-state index contributed by atoms with van der Waals surface area (Å²) in [5.74, 6) is 0.174. The normalized spacial score (nSPS) is 10.5. The van der Waals surface area contributed by atoms with Crippen molar-refractivity contribution in [2.75, 3.05) is 7.11 Å². The summed E-state index contributed by atoms with van der Waals surface area (Å²) in [7, 11) is 1.56. The van der Waals surface area contributed by atoms with E-state index in [-0.39, 0.29) is 6.42 Å². The van der Waals surface area contributed by atoms with E-state index in [1.807, 2.05) is 25.1 Å². The second-order valence-electron chi connectivity index (χ2n) is 4.35. The van der Waals surface area contributed by atoms with Crippen LogP contribution < -0.4 is 4.74 Å². The van der Waals surface area contributed by atoms with Crippen LogP contribution in [0, 0.1) is 13.8 Å². The Balaban J connectivity index is 2.58. The molecule has 1 aromatic carbocycles. The summed E-state index contributed by atoms with van der Waals surface area (Å²) < 4.78 is 10.6. The van der Waals surface area contributed by atoms with Crippen molar-refractivity contribution in [3.05, 3.63) is 35.0 Å². The van der Waals surface area contributed by atoms with Crippen LogP contribution in [0.25, 0.3) is 11.3 Å². The lowest BCUT2D eigenvalue weighted by molar-refractivity contribution is -0.136. The third kappa shape index (κ3) is 2.59. The maximum absolute atomic E-state index is 10.9. The molecule has 0 saturated carbocycles. The van der Waals surface area contributed by atoms with E-state index < -0.39 is 5.97 Å². The van der Waals surface area contributed by atoms with E-state index in [1.54, 1.807) is 14.0 Å². The van der Waals surface area contributed by atoms with Crippen molar-refractivity contribution in [3.63, 3.8) is 0 Å². The van der Waals surface area contributed by atoms with Gasteiger partial charge in [-0.15, -0.1) is 0 Å². The molecule has 0 aliphatic carbocycles. The average Bonchev–Trinajstić information content (AvgIpc) is 2.70. The Kier molecular flexibility index (Phi) is 3.55. The zero-order valence-corrected chi connectivity index (χ0v) is 11.1. The molecule has 1 heterocycles. The quantitative estimate of drug-likeness (QED) is 0.915. The van der Waals surface area contributed by atoms with Gasteiger partial charge < -0.3 is 14.4 Å². The van der Waals surface area contributed by atoms with E-state index in [1.165, 1.54) is 0 Å². The molecule has 0 fully saturated rings. The van der Waals surface area contributed by atoms with Gasteiger partial charge in [-0.05, 0) is 26.0 Å². The van der Waals surface area contributed by atoms with Crippen LogP contribution >= 0.6 is 0 Å². The van der Waals surface area contributed by atoms with E-state index in [0.717, 1.165) is 11.1 Å². The first kappa shape index (κ1) is 13.1. The number of benzene rings is 1. The summed E-state index contributed by atoms with van der Waals surface area (Å²) in [6, 6.07) is 5.64. The minimum Gasteiger partial charge on any atom is -0.496 e. The van der Waals surface area contributed by atoms with E-state index in [9.17, 15) is 4.79 Å². The van der Waals surface area contributed by atoms with Gasteiger partial charge in [0.05, 0.1) is 24.8 Å². The largest absolute Gasteiger partial charge is 0.496 e. The summed E-state index contributed by atoms with van der Waals surface area (Å²) in [6.45, 7) is 3.68. The lowest BCUT2D eigenvalue weighted by Crippen LogP contribution is -2.02. The molecule has 0 unspecified atom stereocenters. The van der Waals surface area contributed by atoms with Crippen molar-refractivity contribution in [1.82, 2.24) is 5.16 Å². The molecule has 0 atom stereocenters. The molecule has 0 aliphatic heterocycles. The van der Waals surface area contributed by atoms with E-state index in [2.05, 4.69) is 5.16 Å². The number of hydrogen-bond acceptors (Lipinski definition) is 4. The Morgan fingerprint density at radius 1 is 1.42 bits per heavy atom. The fourth-order valence-electron chi connectivity index (χ4n) is 1.96. The molecule has 0 bridgehead atoms. The number of rotatable bonds is 4. The van der Waals surface area contributed by atoms with Gasteiger partial charge in [0.25, 0.3) is 0 Å². The van der Waals surface area contributed by atoms with Crippen molar-refractivity contribution in [2.45, 2.75) is 20.3 Å². The van der Waals surface area contributed by atoms with Crippen molar-refractivity contribution in [3.8, 4) is 17.1 Å². The Morgan fingerprint density at radius 3 is 2.79 bits per heavy atom. The number of methoxy groups -OCH3 is 1. The van der Waals surface area contributed by atoms with Crippen LogP contribution in [0.15, 0.2) is 22.7 Å². The molecule has 0 aliphatic rings. The molecular weight excluding hydrogens is 246 g/mol. The van der Waals surface area contributed by atoms with Gasteiger partial charge in [0.1, 0.15) is 5.75 Å². The summed E-state index contributed by atoms with van der Waals surface area (Å²) in [5, 5.41) is 12.8. The number of aryl methyl sites for hydroxylation is 2. The van der Waals surface area contributed by atoms with Gasteiger partial charge >= 0.3 is 5.97 Å². The standard InChI is InChI=1S/C14H15NO4/c1-8-4-5-12(18-3)11(6-8)14-10(7-13(16)17)9(2)15-19-14/h4-6H,7H2,1-3H3,(H,16,17). The number of aliphatic carboxylic acids is 1. The molecule has 1 aromatic heterocycles. The number of carbonyl (C=O) groups is 1. The predicted octanol–water partition coefficient (Wildman–Crippen LogP) is 2.59. The fraction of sp³-hybridized carbons (Fsp3) is 0.286. The van der Waals surface area contributed by atoms with Crippen LogP contribution in [0.5, 0.6) is 5.75 Å². The molecule has 0 saturated heterocycles. The second kappa shape index (κ2) is 5.14. The van der Waals surface area contributed by atoms with Crippen molar-refractivity contribution in [2.24, 2.45) is 0 Å². The number of carboxylic acid groups (broad SMARTS) is 1. The van der Waals surface area contributed by atoms with Gasteiger partial charge in [0.15, 0.2) is 5.76 Å². The Hall–Kier alpha value is -2.30. The molecule has 2 aromatic rings. The number of ether oxygens (including phenoxy) is 1. The van der Waals surface area contributed by atoms with Crippen LogP contribution in [-0.2, 0) is 11.2 Å². The first-order valence-corrected chi connectivity index (χ1v) is 5.85. The molecule has 0 spiro atoms. The molecule has 19 heavy (non-hydrogen) atoms. The Labute approximate surface area is 110 Å². The van der Waals surface area contributed by atoms with Crippen LogP contribution in [0.4, 0.5) is 0 Å². The maximum Gasteiger partial charge on any atom is 0.308 e. The fourth-order valence-corrected chi connectivity index (χ4v) is 1.96. The molecule has 2 rings (SSSR count). The van der Waals surface area contributed by atoms with Crippen molar-refractivity contribution >= 4 is 5.97 Å². The lowest BCUT2D eigenvalue weighted by atomic mass is 10.0. The molecule has 5 nitrogen and oxygen atoms in total. The highest BCUT2D eigenvalue weighted by atomic mass is 16.5. The van der Waals surface area contributed by atoms with Gasteiger partial charge in [-0.2, -0.15) is 0 Å². The van der Waals surface area contributed by atoms with E-state index >= 15 is 0 Å². The highest BCUT2D eigenvalue weighted by molar-refractivity contribution is 5.77. The monoisotopic (exact) mass is 261 g/mol. The third-order valence-electron chi connectivity index (χ3n) is 2.91. The SMILES string of the molecule is COc1ccc(C)cc1-c1onc(C)c1CC(=O)O. The first-order chi connectivity index (χ1) is 9.02. The Morgan fingerprint density at radius 2 is 2.16 bits per heavy atom. The smallest absolute Gasteiger partial charge is 0.308 e. The van der Waals surface area contributed by atoms with Crippen LogP contribution in [0.2, 0.25) is 0 Å². The minimum atomic E-state index is -0.917. The minimum absolute atomic E-state index is 0.123. The van der Waals surface area contributed by atoms with Gasteiger partial charge in [0.2, 0.25) is 0 Å². The lowest BCUT2D eigenvalue weighted by Gasteiger charge is -2.08. The van der Waals surface area contributed by atoms with Gasteiger partial charge in [-0.3, -0.25) is 4.79 Å². The topological polar surface area (TPSA) is 72.6 Å². The predicted molar refractivity (Wildman–Crippen MR) is 69.3 cm³/mol. The summed E-state index contributed by atoms with van der Waals surface area (Å²) in [6.07, 6.45) is -0.123. The third-order valence-corrected chi connectivity index (χ3v) is 2.91. The second-order valence-corrected chi connectivity index (χ2v) is 4.35. The van der Waals surface area contributed by atoms with E-state index in [4.69, 9.17) is 14.4 Å². The highest BCUT2D eigenvalue weighted by Gasteiger charge is 2.20. The molecular formula is C14H15NO4. The molecule has 0 radical (unpaired) electrons. The number of carboxylic acids is 1. The van der Waals surface area contributed by atoms with E-state index in [0.29, 0.717) is 22.8 Å². The molecule has 5 heteroatoms. The highest BCUT2D eigenvalue weighted by Crippen LogP contribution is 2.34. The zero-order valence-electron chi connectivity index (χ0n) is 11.1. The van der Waals surface area contributed by atoms with Gasteiger partial charge in [-0.25, -0.2) is 0 Å². The van der Waals surface area contributed by atoms with Gasteiger partial charge in [-0.1, -0.05) is 16.8 Å². The number of nitrogens with zero attached hydrogens (tertiary/aromatic N) is 1. The molecule has 0 amide bonds. The van der Waals surface area contributed by atoms with Crippen molar-refractivity contribution in [1.29, 1.82) is 0 Å². The number of aromatic nitrogens is 1.